The Hall–Kier alpha value is -1.59. The molecule has 4 aliphatic carbocycles. The predicted octanol–water partition coefficient (Wildman–Crippen LogP) is 2.52. The topological polar surface area (TPSA) is 60.9 Å². The fourth-order valence-corrected chi connectivity index (χ4v) is 7.00. The molecule has 0 N–H and O–H groups in total. The Morgan fingerprint density at radius 3 is 2.10 bits per heavy atom. The molecule has 0 radical (unpaired) electrons. The Morgan fingerprint density at radius 1 is 1.00 bits per heavy atom. The number of likely N-dealkylation sites (N-methyl/N-ethyl adjacent to an activating group) is 1. The second kappa shape index (κ2) is 7.92. The van der Waals surface area contributed by atoms with Gasteiger partial charge < -0.3 is 14.7 Å². The van der Waals surface area contributed by atoms with Crippen molar-refractivity contribution in [3.8, 4) is 0 Å². The van der Waals surface area contributed by atoms with Crippen molar-refractivity contribution in [2.45, 2.75) is 70.8 Å². The first-order valence-electron chi connectivity index (χ1n) is 11.6. The summed E-state index contributed by atoms with van der Waals surface area (Å²) in [5.74, 6) is 2.31. The molecule has 4 bridgehead atoms. The monoisotopic (exact) mass is 403 g/mol. The summed E-state index contributed by atoms with van der Waals surface area (Å²) in [5, 5.41) is 0. The number of carbonyl (C=O) groups is 3. The molecule has 1 aliphatic heterocycles. The molecule has 0 aromatic rings. The molecule has 29 heavy (non-hydrogen) atoms. The zero-order chi connectivity index (χ0) is 20.8. The molecule has 1 heterocycles. The Bertz CT molecular complexity index is 639. The molecule has 6 nitrogen and oxygen atoms in total. The van der Waals surface area contributed by atoms with Crippen molar-refractivity contribution in [1.29, 1.82) is 0 Å². The molecule has 5 rings (SSSR count). The molecule has 3 amide bonds. The highest BCUT2D eigenvalue weighted by Crippen LogP contribution is 2.60. The zero-order valence-electron chi connectivity index (χ0n) is 18.4. The number of likely N-dealkylation sites (tertiary alicyclic amines) is 1. The number of nitrogens with zero attached hydrogens (tertiary/aromatic N) is 3. The summed E-state index contributed by atoms with van der Waals surface area (Å²) >= 11 is 0. The van der Waals surface area contributed by atoms with Crippen LogP contribution >= 0.6 is 0 Å². The van der Waals surface area contributed by atoms with Crippen LogP contribution in [0.4, 0.5) is 0 Å². The van der Waals surface area contributed by atoms with Gasteiger partial charge in [-0.05, 0) is 75.5 Å². The number of amides is 3. The first kappa shape index (κ1) is 20.7. The average molecular weight is 404 g/mol. The fourth-order valence-electron chi connectivity index (χ4n) is 7.00. The average Bonchev–Trinajstić information content (AvgIpc) is 3.14. The lowest BCUT2D eigenvalue weighted by Gasteiger charge is -2.56. The van der Waals surface area contributed by atoms with Crippen molar-refractivity contribution < 1.29 is 14.4 Å². The van der Waals surface area contributed by atoms with Crippen LogP contribution in [0.2, 0.25) is 0 Å². The van der Waals surface area contributed by atoms with Gasteiger partial charge in [-0.3, -0.25) is 14.4 Å². The van der Waals surface area contributed by atoms with E-state index in [4.69, 9.17) is 0 Å². The molecule has 6 heteroatoms. The van der Waals surface area contributed by atoms with Crippen LogP contribution in [-0.2, 0) is 14.4 Å². The minimum atomic E-state index is -0.378. The highest BCUT2D eigenvalue weighted by atomic mass is 16.2. The number of hydrogen-bond donors (Lipinski definition) is 0. The summed E-state index contributed by atoms with van der Waals surface area (Å²) in [6.07, 6.45) is 9.46. The van der Waals surface area contributed by atoms with Crippen molar-refractivity contribution in [3.63, 3.8) is 0 Å². The maximum atomic E-state index is 13.8. The summed E-state index contributed by atoms with van der Waals surface area (Å²) in [6, 6.07) is -0.378. The lowest BCUT2D eigenvalue weighted by molar-refractivity contribution is -0.162. The summed E-state index contributed by atoms with van der Waals surface area (Å²) in [4.78, 5) is 44.6. The number of hydrogen-bond acceptors (Lipinski definition) is 3. The van der Waals surface area contributed by atoms with Gasteiger partial charge in [-0.1, -0.05) is 6.92 Å². The number of rotatable bonds is 6. The molecule has 5 aliphatic rings. The van der Waals surface area contributed by atoms with Crippen LogP contribution in [0.25, 0.3) is 0 Å². The van der Waals surface area contributed by atoms with Crippen LogP contribution in [0, 0.1) is 23.2 Å². The van der Waals surface area contributed by atoms with Crippen LogP contribution in [0.1, 0.15) is 64.7 Å². The van der Waals surface area contributed by atoms with Gasteiger partial charge in [-0.2, -0.15) is 0 Å². The Labute approximate surface area is 175 Å². The second-order valence-corrected chi connectivity index (χ2v) is 10.4. The fraction of sp³-hybridized carbons (Fsp3) is 0.870. The van der Waals surface area contributed by atoms with Crippen LogP contribution in [-0.4, -0.2) is 72.2 Å². The maximum Gasteiger partial charge on any atom is 0.245 e. The Kier molecular flexibility index (Phi) is 5.64. The highest BCUT2D eigenvalue weighted by Gasteiger charge is 2.57. The van der Waals surface area contributed by atoms with Crippen molar-refractivity contribution in [2.24, 2.45) is 23.2 Å². The van der Waals surface area contributed by atoms with Crippen molar-refractivity contribution in [2.75, 3.05) is 33.7 Å². The molecule has 162 valence electrons. The summed E-state index contributed by atoms with van der Waals surface area (Å²) < 4.78 is 0. The summed E-state index contributed by atoms with van der Waals surface area (Å²) in [6.45, 7) is 3.38. The van der Waals surface area contributed by atoms with Crippen molar-refractivity contribution >= 4 is 17.7 Å². The zero-order valence-corrected chi connectivity index (χ0v) is 18.4. The molecule has 0 spiro atoms. The van der Waals surface area contributed by atoms with E-state index in [2.05, 4.69) is 0 Å². The largest absolute Gasteiger partial charge is 0.347 e. The molecule has 1 atom stereocenters. The van der Waals surface area contributed by atoms with Gasteiger partial charge in [0.15, 0.2) is 0 Å². The highest BCUT2D eigenvalue weighted by molar-refractivity contribution is 5.92. The van der Waals surface area contributed by atoms with Crippen molar-refractivity contribution in [3.05, 3.63) is 0 Å². The Morgan fingerprint density at radius 2 is 1.59 bits per heavy atom. The van der Waals surface area contributed by atoms with Gasteiger partial charge in [0.2, 0.25) is 17.7 Å². The van der Waals surface area contributed by atoms with E-state index in [9.17, 15) is 14.4 Å². The molecule has 4 saturated carbocycles. The van der Waals surface area contributed by atoms with E-state index < -0.39 is 0 Å². The first-order chi connectivity index (χ1) is 13.8. The lowest BCUT2D eigenvalue weighted by Crippen LogP contribution is -2.58. The van der Waals surface area contributed by atoms with Crippen LogP contribution in [0.15, 0.2) is 0 Å². The standard InChI is InChI=1S/C23H37N3O3/c1-4-7-25(15-20(27)24(2)3)21(28)19-6-5-8-26(19)22(29)23-12-16-9-17(13-23)11-18(10-16)14-23/h16-19H,4-15H2,1-3H3. The molecular weight excluding hydrogens is 366 g/mol. The quantitative estimate of drug-likeness (QED) is 0.685. The summed E-state index contributed by atoms with van der Waals surface area (Å²) in [7, 11) is 3.44. The summed E-state index contributed by atoms with van der Waals surface area (Å²) in [5.41, 5.74) is -0.202. The van der Waals surface area contributed by atoms with E-state index in [0.29, 0.717) is 13.1 Å². The van der Waals surface area contributed by atoms with Crippen LogP contribution < -0.4 is 0 Å². The maximum absolute atomic E-state index is 13.8. The van der Waals surface area contributed by atoms with Gasteiger partial charge in [0.1, 0.15) is 6.04 Å². The third-order valence-electron chi connectivity index (χ3n) is 7.92. The molecular formula is C23H37N3O3. The molecule has 0 aromatic heterocycles. The van der Waals surface area contributed by atoms with E-state index in [1.54, 1.807) is 19.0 Å². The minimum absolute atomic E-state index is 0.0300. The lowest BCUT2D eigenvalue weighted by atomic mass is 9.49. The van der Waals surface area contributed by atoms with Gasteiger partial charge >= 0.3 is 0 Å². The molecule has 5 fully saturated rings. The van der Waals surface area contributed by atoms with Gasteiger partial charge in [-0.25, -0.2) is 0 Å². The second-order valence-electron chi connectivity index (χ2n) is 10.4. The van der Waals surface area contributed by atoms with E-state index in [1.807, 2.05) is 11.8 Å². The first-order valence-corrected chi connectivity index (χ1v) is 11.6. The van der Waals surface area contributed by atoms with Gasteiger partial charge in [0.25, 0.3) is 0 Å². The van der Waals surface area contributed by atoms with Gasteiger partial charge in [0.05, 0.1) is 12.0 Å². The third-order valence-corrected chi connectivity index (χ3v) is 7.92. The third kappa shape index (κ3) is 3.79. The van der Waals surface area contributed by atoms with Gasteiger partial charge in [0, 0.05) is 27.2 Å². The van der Waals surface area contributed by atoms with E-state index in [-0.39, 0.29) is 35.7 Å². The normalized spacial score (nSPS) is 35.1. The van der Waals surface area contributed by atoms with Crippen LogP contribution in [0.5, 0.6) is 0 Å². The van der Waals surface area contributed by atoms with E-state index in [0.717, 1.165) is 56.3 Å². The minimum Gasteiger partial charge on any atom is -0.347 e. The van der Waals surface area contributed by atoms with Crippen molar-refractivity contribution in [1.82, 2.24) is 14.7 Å². The molecule has 1 unspecified atom stereocenters. The number of carbonyl (C=O) groups excluding carboxylic acids is 3. The van der Waals surface area contributed by atoms with E-state index >= 15 is 0 Å². The van der Waals surface area contributed by atoms with Crippen LogP contribution in [0.3, 0.4) is 0 Å². The SMILES string of the molecule is CCCN(CC(=O)N(C)C)C(=O)C1CCCN1C(=O)C12CC3CC(CC(C3)C1)C2. The van der Waals surface area contributed by atoms with E-state index in [1.165, 1.54) is 24.2 Å². The smallest absolute Gasteiger partial charge is 0.245 e. The molecule has 1 saturated heterocycles. The Balaban J connectivity index is 1.50. The predicted molar refractivity (Wildman–Crippen MR) is 111 cm³/mol. The van der Waals surface area contributed by atoms with Gasteiger partial charge in [-0.15, -0.1) is 0 Å². The molecule has 0 aromatic carbocycles.